The second-order valence-electron chi connectivity index (χ2n) is 6.56. The highest BCUT2D eigenvalue weighted by atomic mass is 19.1. The standard InChI is InChI=1S/C19H23FN2O2/c1-12-9-18(19(23)21-10-13(2)24-14(3)11-21)15(4)22(12)17-7-5-16(20)6-8-17/h5-9,13-14H,10-11H2,1-4H3/t13-,14+. The Bertz CT molecular complexity index is 741. The Morgan fingerprint density at radius 1 is 1.12 bits per heavy atom. The summed E-state index contributed by atoms with van der Waals surface area (Å²) in [6.45, 7) is 9.05. The summed E-state index contributed by atoms with van der Waals surface area (Å²) in [5, 5.41) is 0. The minimum Gasteiger partial charge on any atom is -0.372 e. The SMILES string of the molecule is Cc1cc(C(=O)N2C[C@@H](C)O[C@@H](C)C2)c(C)n1-c1ccc(F)cc1. The molecule has 2 heterocycles. The molecule has 4 nitrogen and oxygen atoms in total. The molecule has 1 amide bonds. The third kappa shape index (κ3) is 3.08. The Labute approximate surface area is 141 Å². The van der Waals surface area contributed by atoms with Gasteiger partial charge in [0.1, 0.15) is 5.82 Å². The Balaban J connectivity index is 1.93. The van der Waals surface area contributed by atoms with E-state index in [4.69, 9.17) is 4.74 Å². The highest BCUT2D eigenvalue weighted by Gasteiger charge is 2.28. The number of carbonyl (C=O) groups excluding carboxylic acids is 1. The van der Waals surface area contributed by atoms with Crippen LogP contribution in [0.4, 0.5) is 4.39 Å². The van der Waals surface area contributed by atoms with Crippen LogP contribution >= 0.6 is 0 Å². The van der Waals surface area contributed by atoms with E-state index >= 15 is 0 Å². The first-order valence-corrected chi connectivity index (χ1v) is 8.26. The first kappa shape index (κ1) is 16.7. The second-order valence-corrected chi connectivity index (χ2v) is 6.56. The Morgan fingerprint density at radius 3 is 2.29 bits per heavy atom. The summed E-state index contributed by atoms with van der Waals surface area (Å²) in [7, 11) is 0. The van der Waals surface area contributed by atoms with Gasteiger partial charge in [0.25, 0.3) is 5.91 Å². The summed E-state index contributed by atoms with van der Waals surface area (Å²) in [6, 6.07) is 8.22. The zero-order valence-corrected chi connectivity index (χ0v) is 14.5. The van der Waals surface area contributed by atoms with Crippen molar-refractivity contribution in [3.63, 3.8) is 0 Å². The van der Waals surface area contributed by atoms with Crippen LogP contribution in [-0.4, -0.2) is 40.7 Å². The van der Waals surface area contributed by atoms with Gasteiger partial charge in [-0.2, -0.15) is 0 Å². The summed E-state index contributed by atoms with van der Waals surface area (Å²) < 4.78 is 20.9. The van der Waals surface area contributed by atoms with E-state index in [1.807, 2.05) is 43.2 Å². The smallest absolute Gasteiger partial charge is 0.255 e. The number of hydrogen-bond acceptors (Lipinski definition) is 2. The van der Waals surface area contributed by atoms with Crippen molar-refractivity contribution in [1.29, 1.82) is 0 Å². The van der Waals surface area contributed by atoms with E-state index in [1.165, 1.54) is 12.1 Å². The predicted molar refractivity (Wildman–Crippen MR) is 91.1 cm³/mol. The van der Waals surface area contributed by atoms with Crippen molar-refractivity contribution >= 4 is 5.91 Å². The maximum Gasteiger partial charge on any atom is 0.255 e. The molecule has 1 saturated heterocycles. The fourth-order valence-electron chi connectivity index (χ4n) is 3.48. The van der Waals surface area contributed by atoms with Crippen molar-refractivity contribution in [2.45, 2.75) is 39.9 Å². The quantitative estimate of drug-likeness (QED) is 0.845. The van der Waals surface area contributed by atoms with Crippen LogP contribution in [0.3, 0.4) is 0 Å². The molecule has 24 heavy (non-hydrogen) atoms. The molecular formula is C19H23FN2O2. The second kappa shape index (κ2) is 6.40. The van der Waals surface area contributed by atoms with Crippen LogP contribution in [0.1, 0.15) is 35.6 Å². The Hall–Kier alpha value is -2.14. The molecule has 1 aliphatic rings. The van der Waals surface area contributed by atoms with Crippen LogP contribution in [0.5, 0.6) is 0 Å². The molecule has 5 heteroatoms. The molecule has 0 spiro atoms. The number of halogens is 1. The molecule has 1 aromatic carbocycles. The molecule has 1 aromatic heterocycles. The lowest BCUT2D eigenvalue weighted by molar-refractivity contribution is -0.0586. The molecule has 1 fully saturated rings. The van der Waals surface area contributed by atoms with Crippen molar-refractivity contribution in [2.75, 3.05) is 13.1 Å². The number of hydrogen-bond donors (Lipinski definition) is 0. The van der Waals surface area contributed by atoms with E-state index in [9.17, 15) is 9.18 Å². The maximum atomic E-state index is 13.2. The van der Waals surface area contributed by atoms with E-state index in [2.05, 4.69) is 0 Å². The van der Waals surface area contributed by atoms with E-state index < -0.39 is 0 Å². The van der Waals surface area contributed by atoms with Gasteiger partial charge in [-0.15, -0.1) is 0 Å². The molecule has 0 unspecified atom stereocenters. The van der Waals surface area contributed by atoms with Crippen molar-refractivity contribution in [2.24, 2.45) is 0 Å². The number of amides is 1. The Morgan fingerprint density at radius 2 is 1.71 bits per heavy atom. The highest BCUT2D eigenvalue weighted by Crippen LogP contribution is 2.23. The lowest BCUT2D eigenvalue weighted by atomic mass is 10.1. The van der Waals surface area contributed by atoms with Gasteiger partial charge in [-0.05, 0) is 58.0 Å². The van der Waals surface area contributed by atoms with E-state index in [0.717, 1.165) is 17.1 Å². The van der Waals surface area contributed by atoms with Gasteiger partial charge in [-0.1, -0.05) is 0 Å². The number of benzene rings is 1. The van der Waals surface area contributed by atoms with Crippen LogP contribution < -0.4 is 0 Å². The fraction of sp³-hybridized carbons (Fsp3) is 0.421. The molecule has 0 N–H and O–H groups in total. The van der Waals surface area contributed by atoms with Crippen LogP contribution in [0, 0.1) is 19.7 Å². The highest BCUT2D eigenvalue weighted by molar-refractivity contribution is 5.96. The third-order valence-electron chi connectivity index (χ3n) is 4.45. The van der Waals surface area contributed by atoms with Gasteiger partial charge in [0.15, 0.2) is 0 Å². The Kier molecular flexibility index (Phi) is 4.45. The van der Waals surface area contributed by atoms with E-state index in [0.29, 0.717) is 18.7 Å². The first-order valence-electron chi connectivity index (χ1n) is 8.26. The average molecular weight is 330 g/mol. The van der Waals surface area contributed by atoms with Crippen molar-refractivity contribution in [3.8, 4) is 5.69 Å². The topological polar surface area (TPSA) is 34.5 Å². The maximum absolute atomic E-state index is 13.2. The van der Waals surface area contributed by atoms with Crippen molar-refractivity contribution in [3.05, 3.63) is 53.1 Å². The number of rotatable bonds is 2. The fourth-order valence-corrected chi connectivity index (χ4v) is 3.48. The molecule has 1 aliphatic heterocycles. The summed E-state index contributed by atoms with van der Waals surface area (Å²) >= 11 is 0. The minimum absolute atomic E-state index is 0.0264. The van der Waals surface area contributed by atoms with Gasteiger partial charge >= 0.3 is 0 Å². The molecular weight excluding hydrogens is 307 g/mol. The molecule has 2 aromatic rings. The lowest BCUT2D eigenvalue weighted by Gasteiger charge is -2.35. The van der Waals surface area contributed by atoms with Crippen molar-refractivity contribution in [1.82, 2.24) is 9.47 Å². The zero-order chi connectivity index (χ0) is 17.4. The van der Waals surface area contributed by atoms with Gasteiger partial charge in [-0.25, -0.2) is 4.39 Å². The number of ether oxygens (including phenoxy) is 1. The molecule has 0 radical (unpaired) electrons. The molecule has 128 valence electrons. The summed E-state index contributed by atoms with van der Waals surface area (Å²) in [4.78, 5) is 14.8. The zero-order valence-electron chi connectivity index (χ0n) is 14.5. The van der Waals surface area contributed by atoms with E-state index in [1.54, 1.807) is 12.1 Å². The predicted octanol–water partition coefficient (Wildman–Crippen LogP) is 3.48. The van der Waals surface area contributed by atoms with Crippen LogP contribution in [0.2, 0.25) is 0 Å². The number of carbonyl (C=O) groups is 1. The molecule has 0 aliphatic carbocycles. The minimum atomic E-state index is -0.270. The number of nitrogens with zero attached hydrogens (tertiary/aromatic N) is 2. The van der Waals surface area contributed by atoms with Crippen LogP contribution in [0.25, 0.3) is 5.69 Å². The van der Waals surface area contributed by atoms with Gasteiger partial charge < -0.3 is 14.2 Å². The number of morpholine rings is 1. The summed E-state index contributed by atoms with van der Waals surface area (Å²) in [6.07, 6.45) is 0.0802. The van der Waals surface area contributed by atoms with Crippen LogP contribution in [0.15, 0.2) is 30.3 Å². The normalized spacial score (nSPS) is 21.1. The van der Waals surface area contributed by atoms with Crippen molar-refractivity contribution < 1.29 is 13.9 Å². The van der Waals surface area contributed by atoms with E-state index in [-0.39, 0.29) is 23.9 Å². The number of aromatic nitrogens is 1. The first-order chi connectivity index (χ1) is 11.4. The van der Waals surface area contributed by atoms with Gasteiger partial charge in [-0.3, -0.25) is 4.79 Å². The number of aryl methyl sites for hydroxylation is 1. The monoisotopic (exact) mass is 330 g/mol. The molecule has 0 bridgehead atoms. The molecule has 3 rings (SSSR count). The average Bonchev–Trinajstić information content (AvgIpc) is 2.81. The largest absolute Gasteiger partial charge is 0.372 e. The van der Waals surface area contributed by atoms with Gasteiger partial charge in [0, 0.05) is 30.2 Å². The molecule has 0 saturated carbocycles. The summed E-state index contributed by atoms with van der Waals surface area (Å²) in [5.74, 6) is -0.243. The summed E-state index contributed by atoms with van der Waals surface area (Å²) in [5.41, 5.74) is 3.38. The third-order valence-corrected chi connectivity index (χ3v) is 4.45. The molecule has 2 atom stereocenters. The van der Waals surface area contributed by atoms with Crippen LogP contribution in [-0.2, 0) is 4.74 Å². The van der Waals surface area contributed by atoms with Gasteiger partial charge in [0.2, 0.25) is 0 Å². The van der Waals surface area contributed by atoms with Gasteiger partial charge in [0.05, 0.1) is 17.8 Å². The lowest BCUT2D eigenvalue weighted by Crippen LogP contribution is -2.48.